The summed E-state index contributed by atoms with van der Waals surface area (Å²) in [5.74, 6) is 3.20. The van der Waals surface area contributed by atoms with E-state index in [1.54, 1.807) is 16.7 Å². The molecule has 0 nitrogen and oxygen atoms in total. The van der Waals surface area contributed by atoms with Crippen LogP contribution in [0.25, 0.3) is 21.5 Å². The van der Waals surface area contributed by atoms with E-state index in [2.05, 4.69) is 135 Å². The van der Waals surface area contributed by atoms with Crippen LogP contribution in [-0.2, 0) is 21.7 Å². The van der Waals surface area contributed by atoms with E-state index in [0.717, 1.165) is 23.7 Å². The van der Waals surface area contributed by atoms with Crippen molar-refractivity contribution >= 4 is 48.0 Å². The molecule has 4 aromatic rings. The molecule has 0 heterocycles. The quantitative estimate of drug-likeness (QED) is 0.0667. The SMILES string of the molecule is C=CC=CC.CC(C)CP(CC(C)C)c1cc2ccccc2[cH-]1.CC(C)CP(CC(C)C)c1cc2ccccc2[cH-]1.[Ti+2]. The van der Waals surface area contributed by atoms with Gasteiger partial charge in [0.25, 0.3) is 0 Å². The fraction of sp³-hybridized carbons (Fsp3) is 0.436. The average molecular weight is 635 g/mol. The van der Waals surface area contributed by atoms with Crippen molar-refractivity contribution < 1.29 is 21.7 Å². The van der Waals surface area contributed by atoms with E-state index in [4.69, 9.17) is 0 Å². The van der Waals surface area contributed by atoms with Crippen LogP contribution in [0.4, 0.5) is 0 Å². The molecule has 0 unspecified atom stereocenters. The molecule has 0 radical (unpaired) electrons. The molecule has 0 saturated heterocycles. The first-order chi connectivity index (χ1) is 19.5. The molecule has 0 saturated carbocycles. The Bertz CT molecular complexity index is 1120. The van der Waals surface area contributed by atoms with Crippen molar-refractivity contribution in [2.75, 3.05) is 24.6 Å². The van der Waals surface area contributed by atoms with Crippen LogP contribution in [0.5, 0.6) is 0 Å². The molecule has 0 fully saturated rings. The van der Waals surface area contributed by atoms with Gasteiger partial charge in [-0.15, -0.1) is 80.7 Å². The van der Waals surface area contributed by atoms with E-state index in [1.807, 2.05) is 19.1 Å². The molecule has 0 aliphatic heterocycles. The number of benzene rings is 2. The first-order valence-corrected chi connectivity index (χ1v) is 19.0. The van der Waals surface area contributed by atoms with Crippen LogP contribution in [0.3, 0.4) is 0 Å². The van der Waals surface area contributed by atoms with Crippen molar-refractivity contribution in [1.29, 1.82) is 0 Å². The van der Waals surface area contributed by atoms with Crippen LogP contribution in [0.2, 0.25) is 0 Å². The number of hydrogen-bond acceptors (Lipinski definition) is 0. The Morgan fingerprint density at radius 3 is 1.19 bits per heavy atom. The van der Waals surface area contributed by atoms with Crippen LogP contribution < -0.4 is 10.6 Å². The molecule has 42 heavy (non-hydrogen) atoms. The normalized spacial score (nSPS) is 11.5. The monoisotopic (exact) mass is 634 g/mol. The summed E-state index contributed by atoms with van der Waals surface area (Å²) in [6.07, 6.45) is 11.0. The predicted molar refractivity (Wildman–Crippen MR) is 196 cm³/mol. The maximum Gasteiger partial charge on any atom is 2.00 e. The Balaban J connectivity index is 0.000000355. The number of rotatable bonds is 11. The number of allylic oxidation sites excluding steroid dienone is 3. The zero-order valence-corrected chi connectivity index (χ0v) is 31.3. The summed E-state index contributed by atoms with van der Waals surface area (Å²) in [5, 5.41) is 8.85. The van der Waals surface area contributed by atoms with Crippen molar-refractivity contribution in [3.63, 3.8) is 0 Å². The molecular formula is C39H56P2Ti. The fourth-order valence-corrected chi connectivity index (χ4v) is 11.1. The summed E-state index contributed by atoms with van der Waals surface area (Å²) in [4.78, 5) is 0. The molecule has 4 aromatic carbocycles. The van der Waals surface area contributed by atoms with Gasteiger partial charge < -0.3 is 0 Å². The molecule has 3 heteroatoms. The Labute approximate surface area is 276 Å². The van der Waals surface area contributed by atoms with E-state index < -0.39 is 0 Å². The minimum absolute atomic E-state index is 0. The smallest absolute Gasteiger partial charge is 0.161 e. The van der Waals surface area contributed by atoms with Gasteiger partial charge in [-0.1, -0.05) is 108 Å². The van der Waals surface area contributed by atoms with Gasteiger partial charge in [0, 0.05) is 0 Å². The predicted octanol–water partition coefficient (Wildman–Crippen LogP) is 11.7. The number of fused-ring (bicyclic) bond motifs is 2. The van der Waals surface area contributed by atoms with Gasteiger partial charge in [0.1, 0.15) is 0 Å². The standard InChI is InChI=1S/2C17H24P.C5H8.Ti/c2*1-13(2)11-18(12-14(3)4)17-9-15-7-5-6-8-16(15)10-17;1-3-5-4-2;/h2*5-10,13-14H,11-12H2,1-4H3;3-5H,1H2,2H3;/q2*-1;;+2. The van der Waals surface area contributed by atoms with Gasteiger partial charge in [0.2, 0.25) is 0 Å². The second kappa shape index (κ2) is 20.6. The van der Waals surface area contributed by atoms with Crippen molar-refractivity contribution in [3.8, 4) is 0 Å². The molecule has 4 rings (SSSR count). The van der Waals surface area contributed by atoms with Crippen molar-refractivity contribution in [1.82, 2.24) is 0 Å². The van der Waals surface area contributed by atoms with Crippen molar-refractivity contribution in [3.05, 3.63) is 97.6 Å². The third-order valence-electron chi connectivity index (χ3n) is 6.61. The van der Waals surface area contributed by atoms with E-state index >= 15 is 0 Å². The molecule has 0 bridgehead atoms. The van der Waals surface area contributed by atoms with Crippen molar-refractivity contribution in [2.24, 2.45) is 23.7 Å². The van der Waals surface area contributed by atoms with E-state index in [9.17, 15) is 0 Å². The van der Waals surface area contributed by atoms with Gasteiger partial charge in [-0.25, -0.2) is 0 Å². The van der Waals surface area contributed by atoms with Gasteiger partial charge in [-0.3, -0.25) is 0 Å². The fourth-order valence-electron chi connectivity index (χ4n) is 5.10. The maximum atomic E-state index is 3.46. The minimum Gasteiger partial charge on any atom is -0.161 e. The molecule has 0 amide bonds. The van der Waals surface area contributed by atoms with Crippen LogP contribution in [0.1, 0.15) is 62.3 Å². The largest absolute Gasteiger partial charge is 2.00 e. The average Bonchev–Trinajstić information content (AvgIpc) is 3.53. The zero-order valence-electron chi connectivity index (χ0n) is 27.9. The summed E-state index contributed by atoms with van der Waals surface area (Å²) in [5.41, 5.74) is 0. The number of hydrogen-bond donors (Lipinski definition) is 0. The molecule has 0 aliphatic rings. The third-order valence-corrected chi connectivity index (χ3v) is 13.3. The summed E-state index contributed by atoms with van der Waals surface area (Å²) in [6, 6.07) is 27.2. The second-order valence-electron chi connectivity index (χ2n) is 12.8. The first kappa shape index (κ1) is 38.7. The summed E-state index contributed by atoms with van der Waals surface area (Å²) >= 11 is 0. The summed E-state index contributed by atoms with van der Waals surface area (Å²) < 4.78 is 0. The molecule has 0 atom stereocenters. The van der Waals surface area contributed by atoms with E-state index in [1.165, 1.54) is 46.2 Å². The molecule has 0 spiro atoms. The third kappa shape index (κ3) is 14.0. The molecule has 0 N–H and O–H groups in total. The van der Waals surface area contributed by atoms with Crippen LogP contribution in [-0.4, -0.2) is 24.6 Å². The summed E-state index contributed by atoms with van der Waals surface area (Å²) in [6.45, 7) is 24.2. The Morgan fingerprint density at radius 2 is 0.952 bits per heavy atom. The topological polar surface area (TPSA) is 0 Å². The van der Waals surface area contributed by atoms with Crippen LogP contribution >= 0.6 is 15.8 Å². The van der Waals surface area contributed by atoms with E-state index in [-0.39, 0.29) is 37.6 Å². The van der Waals surface area contributed by atoms with Gasteiger partial charge >= 0.3 is 21.7 Å². The first-order valence-electron chi connectivity index (χ1n) is 15.6. The molecule has 0 aliphatic carbocycles. The van der Waals surface area contributed by atoms with Gasteiger partial charge in [0.15, 0.2) is 0 Å². The minimum atomic E-state index is 0. The van der Waals surface area contributed by atoms with Gasteiger partial charge in [-0.2, -0.15) is 12.1 Å². The van der Waals surface area contributed by atoms with Crippen molar-refractivity contribution in [2.45, 2.75) is 62.3 Å². The molecule has 226 valence electrons. The Kier molecular flexibility index (Phi) is 19.0. The molecule has 0 aromatic heterocycles. The van der Waals surface area contributed by atoms with E-state index in [0.29, 0.717) is 0 Å². The van der Waals surface area contributed by atoms with Crippen LogP contribution in [0, 0.1) is 23.7 Å². The summed E-state index contributed by atoms with van der Waals surface area (Å²) in [7, 11) is 0.0370. The zero-order chi connectivity index (χ0) is 30.4. The van der Waals surface area contributed by atoms with Gasteiger partial charge in [0.05, 0.1) is 0 Å². The Morgan fingerprint density at radius 1 is 0.619 bits per heavy atom. The van der Waals surface area contributed by atoms with Crippen LogP contribution in [0.15, 0.2) is 97.6 Å². The van der Waals surface area contributed by atoms with Gasteiger partial charge in [-0.05, 0) is 55.2 Å². The maximum absolute atomic E-state index is 3.46. The second-order valence-corrected chi connectivity index (χ2v) is 17.5. The molecular weight excluding hydrogens is 578 g/mol. The Hall–Kier alpha value is -1.29.